The summed E-state index contributed by atoms with van der Waals surface area (Å²) in [5.41, 5.74) is 0.759. The van der Waals surface area contributed by atoms with Gasteiger partial charge in [0.1, 0.15) is 5.82 Å². The average Bonchev–Trinajstić information content (AvgIpc) is 3.49. The highest BCUT2D eigenvalue weighted by molar-refractivity contribution is 7.09. The van der Waals surface area contributed by atoms with E-state index in [9.17, 15) is 9.18 Å². The van der Waals surface area contributed by atoms with Crippen LogP contribution in [-0.2, 0) is 22.5 Å². The van der Waals surface area contributed by atoms with Gasteiger partial charge in [-0.3, -0.25) is 4.79 Å². The van der Waals surface area contributed by atoms with Gasteiger partial charge in [-0.25, -0.2) is 9.37 Å². The number of amides is 1. The Morgan fingerprint density at radius 2 is 2.14 bits per heavy atom. The van der Waals surface area contributed by atoms with Crippen molar-refractivity contribution in [2.24, 2.45) is 0 Å². The van der Waals surface area contributed by atoms with Crippen molar-refractivity contribution < 1.29 is 18.3 Å². The minimum atomic E-state index is -0.295. The SMILES string of the molecule is O=C(CCc1ncc(-c2ccc(F)cc2)o1)N(Cc1cccs1)CC1CCCO1. The monoisotopic (exact) mass is 414 g/mol. The van der Waals surface area contributed by atoms with Crippen LogP contribution in [0.5, 0.6) is 0 Å². The minimum absolute atomic E-state index is 0.0652. The zero-order valence-electron chi connectivity index (χ0n) is 16.1. The van der Waals surface area contributed by atoms with Gasteiger partial charge in [-0.1, -0.05) is 6.07 Å². The van der Waals surface area contributed by atoms with E-state index in [-0.39, 0.29) is 17.8 Å². The largest absolute Gasteiger partial charge is 0.441 e. The fraction of sp³-hybridized carbons (Fsp3) is 0.364. The van der Waals surface area contributed by atoms with Crippen molar-refractivity contribution in [2.75, 3.05) is 13.2 Å². The van der Waals surface area contributed by atoms with Crippen LogP contribution in [-0.4, -0.2) is 35.0 Å². The van der Waals surface area contributed by atoms with Crippen LogP contribution < -0.4 is 0 Å². The molecule has 0 spiro atoms. The maximum atomic E-state index is 13.1. The summed E-state index contributed by atoms with van der Waals surface area (Å²) in [6.07, 6.45) is 4.52. The van der Waals surface area contributed by atoms with E-state index in [1.165, 1.54) is 12.1 Å². The second-order valence-corrected chi connectivity index (χ2v) is 8.15. The maximum absolute atomic E-state index is 13.1. The zero-order valence-corrected chi connectivity index (χ0v) is 16.9. The number of aryl methyl sites for hydroxylation is 1. The van der Waals surface area contributed by atoms with Crippen LogP contribution in [0.3, 0.4) is 0 Å². The van der Waals surface area contributed by atoms with Crippen LogP contribution >= 0.6 is 11.3 Å². The summed E-state index contributed by atoms with van der Waals surface area (Å²) in [4.78, 5) is 20.2. The number of thiophene rings is 1. The van der Waals surface area contributed by atoms with E-state index in [4.69, 9.17) is 9.15 Å². The maximum Gasteiger partial charge on any atom is 0.223 e. The third-order valence-corrected chi connectivity index (χ3v) is 5.82. The predicted molar refractivity (Wildman–Crippen MR) is 109 cm³/mol. The van der Waals surface area contributed by atoms with E-state index in [0.29, 0.717) is 37.6 Å². The summed E-state index contributed by atoms with van der Waals surface area (Å²) in [6.45, 7) is 1.99. The van der Waals surface area contributed by atoms with Crippen molar-refractivity contribution in [1.82, 2.24) is 9.88 Å². The number of carbonyl (C=O) groups excluding carboxylic acids is 1. The summed E-state index contributed by atoms with van der Waals surface area (Å²) < 4.78 is 24.6. The van der Waals surface area contributed by atoms with Crippen LogP contribution in [0, 0.1) is 5.82 Å². The fourth-order valence-electron chi connectivity index (χ4n) is 3.42. The molecule has 1 aliphatic rings. The van der Waals surface area contributed by atoms with Gasteiger partial charge in [0.05, 0.1) is 18.8 Å². The number of halogens is 1. The third-order valence-electron chi connectivity index (χ3n) is 4.96. The number of nitrogens with zero attached hydrogens (tertiary/aromatic N) is 2. The molecule has 1 atom stereocenters. The van der Waals surface area contributed by atoms with E-state index in [2.05, 4.69) is 4.98 Å². The van der Waals surface area contributed by atoms with Crippen molar-refractivity contribution >= 4 is 17.2 Å². The summed E-state index contributed by atoms with van der Waals surface area (Å²) in [6, 6.07) is 10.1. The first kappa shape index (κ1) is 19.8. The minimum Gasteiger partial charge on any atom is -0.441 e. The molecular formula is C22H23FN2O3S. The molecule has 7 heteroatoms. The van der Waals surface area contributed by atoms with E-state index >= 15 is 0 Å². The smallest absolute Gasteiger partial charge is 0.223 e. The Hall–Kier alpha value is -2.51. The lowest BCUT2D eigenvalue weighted by Crippen LogP contribution is -2.36. The van der Waals surface area contributed by atoms with Crippen LogP contribution in [0.4, 0.5) is 4.39 Å². The summed E-state index contributed by atoms with van der Waals surface area (Å²) >= 11 is 1.65. The second-order valence-electron chi connectivity index (χ2n) is 7.11. The van der Waals surface area contributed by atoms with Crippen molar-refractivity contribution in [3.63, 3.8) is 0 Å². The Bertz CT molecular complexity index is 918. The molecule has 3 aromatic rings. The number of hydrogen-bond acceptors (Lipinski definition) is 5. The number of rotatable bonds is 8. The Morgan fingerprint density at radius 1 is 1.28 bits per heavy atom. The van der Waals surface area contributed by atoms with Gasteiger partial charge in [-0.15, -0.1) is 11.3 Å². The van der Waals surface area contributed by atoms with Crippen molar-refractivity contribution in [1.29, 1.82) is 0 Å². The van der Waals surface area contributed by atoms with Gasteiger partial charge in [0.15, 0.2) is 11.7 Å². The number of oxazole rings is 1. The molecule has 1 saturated heterocycles. The molecule has 1 fully saturated rings. The van der Waals surface area contributed by atoms with Crippen LogP contribution in [0.25, 0.3) is 11.3 Å². The molecule has 152 valence electrons. The Balaban J connectivity index is 1.37. The van der Waals surface area contributed by atoms with E-state index in [0.717, 1.165) is 29.9 Å². The highest BCUT2D eigenvalue weighted by Crippen LogP contribution is 2.22. The standard InChI is InChI=1S/C22H23FN2O3S/c23-17-7-5-16(6-8-17)20-13-24-21(28-20)9-10-22(26)25(14-18-3-1-11-27-18)15-19-4-2-12-29-19/h2,4-8,12-13,18H,1,3,9-11,14-15H2. The molecule has 0 radical (unpaired) electrons. The molecule has 0 bridgehead atoms. The van der Waals surface area contributed by atoms with Crippen LogP contribution in [0.2, 0.25) is 0 Å². The van der Waals surface area contributed by atoms with Gasteiger partial charge in [0.2, 0.25) is 5.91 Å². The number of ether oxygens (including phenoxy) is 1. The van der Waals surface area contributed by atoms with Gasteiger partial charge < -0.3 is 14.1 Å². The number of benzene rings is 1. The molecule has 1 unspecified atom stereocenters. The highest BCUT2D eigenvalue weighted by atomic mass is 32.1. The first-order chi connectivity index (χ1) is 14.2. The quantitative estimate of drug-likeness (QED) is 0.537. The van der Waals surface area contributed by atoms with Gasteiger partial charge in [-0.2, -0.15) is 0 Å². The zero-order chi connectivity index (χ0) is 20.1. The molecule has 1 aliphatic heterocycles. The van der Waals surface area contributed by atoms with Gasteiger partial charge in [0, 0.05) is 36.4 Å². The lowest BCUT2D eigenvalue weighted by molar-refractivity contribution is -0.133. The normalized spacial score (nSPS) is 16.2. The molecule has 4 rings (SSSR count). The van der Waals surface area contributed by atoms with Crippen LogP contribution in [0.1, 0.15) is 30.0 Å². The first-order valence-electron chi connectivity index (χ1n) is 9.80. The molecule has 5 nitrogen and oxygen atoms in total. The van der Waals surface area contributed by atoms with Crippen molar-refractivity contribution in [3.05, 3.63) is 64.6 Å². The molecule has 0 N–H and O–H groups in total. The summed E-state index contributed by atoms with van der Waals surface area (Å²) in [5, 5.41) is 2.02. The molecule has 2 aromatic heterocycles. The molecule has 1 aromatic carbocycles. The molecular weight excluding hydrogens is 391 g/mol. The predicted octanol–water partition coefficient (Wildman–Crippen LogP) is 4.68. The number of aromatic nitrogens is 1. The third kappa shape index (κ3) is 5.31. The Kier molecular flexibility index (Phi) is 6.36. The lowest BCUT2D eigenvalue weighted by Gasteiger charge is -2.25. The number of hydrogen-bond donors (Lipinski definition) is 0. The van der Waals surface area contributed by atoms with Crippen molar-refractivity contribution in [2.45, 2.75) is 38.3 Å². The first-order valence-corrected chi connectivity index (χ1v) is 10.7. The topological polar surface area (TPSA) is 55.6 Å². The highest BCUT2D eigenvalue weighted by Gasteiger charge is 2.23. The van der Waals surface area contributed by atoms with Crippen LogP contribution in [0.15, 0.2) is 52.4 Å². The molecule has 0 aliphatic carbocycles. The molecule has 0 saturated carbocycles. The summed E-state index contributed by atoms with van der Waals surface area (Å²) in [7, 11) is 0. The Labute approximate surface area is 173 Å². The average molecular weight is 415 g/mol. The lowest BCUT2D eigenvalue weighted by atomic mass is 10.2. The Morgan fingerprint density at radius 3 is 2.86 bits per heavy atom. The van der Waals surface area contributed by atoms with Gasteiger partial charge in [0.25, 0.3) is 0 Å². The van der Waals surface area contributed by atoms with Gasteiger partial charge >= 0.3 is 0 Å². The number of carbonyl (C=O) groups is 1. The molecule has 1 amide bonds. The van der Waals surface area contributed by atoms with Gasteiger partial charge in [-0.05, 0) is 48.6 Å². The van der Waals surface area contributed by atoms with E-state index < -0.39 is 0 Å². The van der Waals surface area contributed by atoms with Crippen molar-refractivity contribution in [3.8, 4) is 11.3 Å². The molecule has 29 heavy (non-hydrogen) atoms. The van der Waals surface area contributed by atoms with E-state index in [1.54, 1.807) is 29.7 Å². The fourth-order valence-corrected chi connectivity index (χ4v) is 4.14. The van der Waals surface area contributed by atoms with E-state index in [1.807, 2.05) is 22.4 Å². The second kappa shape index (κ2) is 9.33. The summed E-state index contributed by atoms with van der Waals surface area (Å²) in [5.74, 6) is 0.847. The molecule has 3 heterocycles.